The van der Waals surface area contributed by atoms with Crippen molar-refractivity contribution in [2.75, 3.05) is 51.3 Å². The third-order valence-corrected chi connectivity index (χ3v) is 6.06. The maximum Gasteiger partial charge on any atom is 0.193 e. The zero-order valence-electron chi connectivity index (χ0n) is 18.7. The van der Waals surface area contributed by atoms with Crippen molar-refractivity contribution >= 4 is 11.6 Å². The van der Waals surface area contributed by atoms with Gasteiger partial charge in [-0.2, -0.15) is 0 Å². The molecule has 2 aliphatic rings. The van der Waals surface area contributed by atoms with Gasteiger partial charge in [-0.05, 0) is 57.2 Å². The van der Waals surface area contributed by atoms with Gasteiger partial charge in [0.1, 0.15) is 5.82 Å². The van der Waals surface area contributed by atoms with Gasteiger partial charge >= 0.3 is 0 Å². The van der Waals surface area contributed by atoms with Crippen LogP contribution in [0, 0.1) is 5.82 Å². The van der Waals surface area contributed by atoms with E-state index in [4.69, 9.17) is 9.47 Å². The molecule has 1 unspecified atom stereocenters. The van der Waals surface area contributed by atoms with Gasteiger partial charge in [-0.15, -0.1) is 0 Å². The Morgan fingerprint density at radius 2 is 2.03 bits per heavy atom. The van der Waals surface area contributed by atoms with E-state index in [0.29, 0.717) is 24.9 Å². The van der Waals surface area contributed by atoms with Gasteiger partial charge in [0, 0.05) is 46.4 Å². The monoisotopic (exact) mass is 420 g/mol. The summed E-state index contributed by atoms with van der Waals surface area (Å²) in [6, 6.07) is 5.49. The Morgan fingerprint density at radius 3 is 2.63 bits per heavy atom. The standard InChI is InChI=1S/C23H37FN4O2/c1-4-27(5-2)22-9-8-18(15-21(22)24)16-26-23(25-3)28-12-10-19(11-13-28)30-17-20-7-6-14-29-20/h8-9,15,19-20H,4-7,10-14,16-17H2,1-3H3,(H,25,26). The molecular weight excluding hydrogens is 383 g/mol. The van der Waals surface area contributed by atoms with Crippen molar-refractivity contribution < 1.29 is 13.9 Å². The van der Waals surface area contributed by atoms with Crippen LogP contribution in [0.4, 0.5) is 10.1 Å². The molecule has 0 spiro atoms. The number of hydrogen-bond donors (Lipinski definition) is 1. The summed E-state index contributed by atoms with van der Waals surface area (Å²) in [6.07, 6.45) is 4.82. The number of anilines is 1. The second-order valence-corrected chi connectivity index (χ2v) is 8.01. The first kappa shape index (κ1) is 22.8. The minimum atomic E-state index is -0.169. The number of ether oxygens (including phenoxy) is 2. The minimum Gasteiger partial charge on any atom is -0.376 e. The second kappa shape index (κ2) is 11.5. The van der Waals surface area contributed by atoms with E-state index in [1.165, 1.54) is 0 Å². The van der Waals surface area contributed by atoms with E-state index >= 15 is 0 Å². The molecule has 1 N–H and O–H groups in total. The molecule has 1 aromatic carbocycles. The average molecular weight is 421 g/mol. The zero-order valence-corrected chi connectivity index (χ0v) is 18.7. The molecule has 1 aromatic rings. The SMILES string of the molecule is CCN(CC)c1ccc(CNC(=NC)N2CCC(OCC3CCCO3)CC2)cc1F. The van der Waals surface area contributed by atoms with Crippen LogP contribution in [0.5, 0.6) is 0 Å². The summed E-state index contributed by atoms with van der Waals surface area (Å²) in [7, 11) is 1.80. The fourth-order valence-corrected chi connectivity index (χ4v) is 4.25. The molecule has 3 rings (SSSR count). The van der Waals surface area contributed by atoms with Crippen molar-refractivity contribution in [3.63, 3.8) is 0 Å². The van der Waals surface area contributed by atoms with Gasteiger partial charge in [-0.25, -0.2) is 4.39 Å². The third kappa shape index (κ3) is 6.08. The Hall–Kier alpha value is -1.86. The van der Waals surface area contributed by atoms with Crippen molar-refractivity contribution in [2.45, 2.75) is 58.3 Å². The Balaban J connectivity index is 1.45. The molecule has 0 amide bonds. The predicted octanol–water partition coefficient (Wildman–Crippen LogP) is 3.41. The number of rotatable bonds is 8. The van der Waals surface area contributed by atoms with E-state index in [1.54, 1.807) is 13.1 Å². The lowest BCUT2D eigenvalue weighted by Gasteiger charge is -2.34. The zero-order chi connectivity index (χ0) is 21.3. The first-order valence-corrected chi connectivity index (χ1v) is 11.4. The summed E-state index contributed by atoms with van der Waals surface area (Å²) >= 11 is 0. The largest absolute Gasteiger partial charge is 0.376 e. The van der Waals surface area contributed by atoms with Crippen molar-refractivity contribution in [2.24, 2.45) is 4.99 Å². The summed E-state index contributed by atoms with van der Waals surface area (Å²) < 4.78 is 26.2. The minimum absolute atomic E-state index is 0.169. The summed E-state index contributed by atoms with van der Waals surface area (Å²) in [5, 5.41) is 3.39. The number of hydrogen-bond acceptors (Lipinski definition) is 4. The number of aliphatic imine (C=N–C) groups is 1. The summed E-state index contributed by atoms with van der Waals surface area (Å²) in [5.74, 6) is 0.693. The van der Waals surface area contributed by atoms with E-state index < -0.39 is 0 Å². The van der Waals surface area contributed by atoms with E-state index in [1.807, 2.05) is 30.9 Å². The Morgan fingerprint density at radius 1 is 1.27 bits per heavy atom. The molecule has 2 saturated heterocycles. The van der Waals surface area contributed by atoms with Crippen LogP contribution in [0.2, 0.25) is 0 Å². The Bertz CT molecular complexity index is 682. The summed E-state index contributed by atoms with van der Waals surface area (Å²) in [6.45, 7) is 9.63. The number of guanidine groups is 1. The Kier molecular flexibility index (Phi) is 8.75. The van der Waals surface area contributed by atoms with Crippen molar-refractivity contribution in [3.8, 4) is 0 Å². The molecule has 7 heteroatoms. The van der Waals surface area contributed by atoms with Crippen LogP contribution >= 0.6 is 0 Å². The fraction of sp³-hybridized carbons (Fsp3) is 0.696. The highest BCUT2D eigenvalue weighted by atomic mass is 19.1. The highest BCUT2D eigenvalue weighted by Gasteiger charge is 2.24. The highest BCUT2D eigenvalue weighted by molar-refractivity contribution is 5.80. The molecular formula is C23H37FN4O2. The van der Waals surface area contributed by atoms with Crippen LogP contribution in [-0.4, -0.2) is 69.5 Å². The van der Waals surface area contributed by atoms with Crippen molar-refractivity contribution in [1.82, 2.24) is 10.2 Å². The lowest BCUT2D eigenvalue weighted by atomic mass is 10.1. The third-order valence-electron chi connectivity index (χ3n) is 6.06. The lowest BCUT2D eigenvalue weighted by molar-refractivity contribution is -0.0367. The smallest absolute Gasteiger partial charge is 0.193 e. The van der Waals surface area contributed by atoms with Gasteiger partial charge < -0.3 is 24.6 Å². The molecule has 0 aromatic heterocycles. The topological polar surface area (TPSA) is 49.3 Å². The summed E-state index contributed by atoms with van der Waals surface area (Å²) in [5.41, 5.74) is 1.58. The van der Waals surface area contributed by atoms with Crippen molar-refractivity contribution in [3.05, 3.63) is 29.6 Å². The van der Waals surface area contributed by atoms with Crippen LogP contribution in [0.15, 0.2) is 23.2 Å². The quantitative estimate of drug-likeness (QED) is 0.516. The molecule has 2 heterocycles. The van der Waals surface area contributed by atoms with Crippen LogP contribution in [0.3, 0.4) is 0 Å². The van der Waals surface area contributed by atoms with Gasteiger partial charge in [0.25, 0.3) is 0 Å². The first-order valence-electron chi connectivity index (χ1n) is 11.4. The van der Waals surface area contributed by atoms with E-state index in [9.17, 15) is 4.39 Å². The molecule has 30 heavy (non-hydrogen) atoms. The number of nitrogens with zero attached hydrogens (tertiary/aromatic N) is 3. The highest BCUT2D eigenvalue weighted by Crippen LogP contribution is 2.21. The van der Waals surface area contributed by atoms with Gasteiger partial charge in [0.15, 0.2) is 5.96 Å². The van der Waals surface area contributed by atoms with Crippen LogP contribution in [0.25, 0.3) is 0 Å². The summed E-state index contributed by atoms with van der Waals surface area (Å²) in [4.78, 5) is 8.71. The second-order valence-electron chi connectivity index (χ2n) is 8.01. The fourth-order valence-electron chi connectivity index (χ4n) is 4.25. The van der Waals surface area contributed by atoms with Crippen molar-refractivity contribution in [1.29, 1.82) is 0 Å². The number of likely N-dealkylation sites (tertiary alicyclic amines) is 1. The molecule has 6 nitrogen and oxygen atoms in total. The molecule has 1 atom stereocenters. The van der Waals surface area contributed by atoms with Gasteiger partial charge in [0.2, 0.25) is 0 Å². The maximum atomic E-state index is 14.5. The van der Waals surface area contributed by atoms with Crippen LogP contribution < -0.4 is 10.2 Å². The molecule has 168 valence electrons. The van der Waals surface area contributed by atoms with Gasteiger partial charge in [-0.1, -0.05) is 6.07 Å². The number of halogens is 1. The molecule has 0 aliphatic carbocycles. The number of piperidine rings is 1. The van der Waals surface area contributed by atoms with Gasteiger partial charge in [-0.3, -0.25) is 4.99 Å². The molecule has 2 aliphatic heterocycles. The molecule has 2 fully saturated rings. The Labute approximate surface area is 180 Å². The number of nitrogens with one attached hydrogen (secondary N) is 1. The molecule has 0 saturated carbocycles. The van der Waals surface area contributed by atoms with Gasteiger partial charge in [0.05, 0.1) is 24.5 Å². The van der Waals surface area contributed by atoms with Crippen LogP contribution in [-0.2, 0) is 16.0 Å². The molecule has 0 radical (unpaired) electrons. The maximum absolute atomic E-state index is 14.5. The predicted molar refractivity (Wildman–Crippen MR) is 120 cm³/mol. The van der Waals surface area contributed by atoms with E-state index in [0.717, 1.165) is 70.0 Å². The van der Waals surface area contributed by atoms with E-state index in [-0.39, 0.29) is 11.9 Å². The molecule has 0 bridgehead atoms. The lowest BCUT2D eigenvalue weighted by Crippen LogP contribution is -2.47. The van der Waals surface area contributed by atoms with Crippen LogP contribution in [0.1, 0.15) is 45.1 Å². The first-order chi connectivity index (χ1) is 14.6. The van der Waals surface area contributed by atoms with E-state index in [2.05, 4.69) is 15.2 Å². The normalized spacial score (nSPS) is 20.6. The average Bonchev–Trinajstić information content (AvgIpc) is 3.29. The number of benzene rings is 1.